The number of nitrogens with zero attached hydrogens (tertiary/aromatic N) is 7. The molecular weight excluding hydrogens is 450 g/mol. The van der Waals surface area contributed by atoms with E-state index in [0.717, 1.165) is 48.8 Å². The fraction of sp³-hybridized carbons (Fsp3) is 0.304. The number of carbonyl (C=O) groups is 1. The van der Waals surface area contributed by atoms with Crippen LogP contribution >= 0.6 is 0 Å². The molecule has 1 amide bonds. The maximum Gasteiger partial charge on any atom is 0.413 e. The number of aryl methyl sites for hydroxylation is 1. The average Bonchev–Trinajstić information content (AvgIpc) is 3.30. The molecule has 0 saturated carbocycles. The van der Waals surface area contributed by atoms with Crippen molar-refractivity contribution >= 4 is 34.6 Å². The van der Waals surface area contributed by atoms with Crippen molar-refractivity contribution in [1.82, 2.24) is 34.8 Å². The van der Waals surface area contributed by atoms with Gasteiger partial charge in [-0.05, 0) is 24.6 Å². The Hall–Kier alpha value is -4.32. The first-order valence-electron chi connectivity index (χ1n) is 11.3. The summed E-state index contributed by atoms with van der Waals surface area (Å²) in [6.07, 6.45) is 10.0. The number of carbonyl (C=O) groups excluding carboxylic acids is 1. The van der Waals surface area contributed by atoms with Crippen LogP contribution in [0.15, 0.2) is 55.4 Å². The minimum atomic E-state index is -0.565. The Morgan fingerprint density at radius 3 is 2.77 bits per heavy atom. The van der Waals surface area contributed by atoms with E-state index in [1.54, 1.807) is 12.4 Å². The zero-order chi connectivity index (χ0) is 23.9. The standard InChI is InChI=1S/C23H25N9O3/c33-23(35-20-16-24-6-7-25-20)26-5-1-8-32-9-4-17-14-28-22(30-21(17)32)29-18-2-3-19(27-15-18)31-10-12-34-13-11-31/h2-4,6-7,9,14-16H,1,5,8,10-13H2,(H,26,33)(H,28,29,30). The molecule has 5 rings (SSSR count). The maximum absolute atomic E-state index is 11.9. The minimum Gasteiger partial charge on any atom is -0.390 e. The number of amides is 1. The van der Waals surface area contributed by atoms with Gasteiger partial charge in [0.1, 0.15) is 11.5 Å². The lowest BCUT2D eigenvalue weighted by Gasteiger charge is -2.27. The first-order chi connectivity index (χ1) is 17.2. The Morgan fingerprint density at radius 1 is 1.06 bits per heavy atom. The Labute approximate surface area is 201 Å². The predicted molar refractivity (Wildman–Crippen MR) is 129 cm³/mol. The van der Waals surface area contributed by atoms with E-state index in [0.29, 0.717) is 25.5 Å². The molecule has 0 unspecified atom stereocenters. The van der Waals surface area contributed by atoms with Crippen LogP contribution in [0.1, 0.15) is 6.42 Å². The molecule has 12 nitrogen and oxygen atoms in total. The molecule has 1 saturated heterocycles. The second-order valence-electron chi connectivity index (χ2n) is 7.82. The van der Waals surface area contributed by atoms with E-state index < -0.39 is 6.09 Å². The number of morpholine rings is 1. The molecule has 5 heterocycles. The molecule has 35 heavy (non-hydrogen) atoms. The molecule has 0 bridgehead atoms. The summed E-state index contributed by atoms with van der Waals surface area (Å²) in [5.41, 5.74) is 1.62. The topological polar surface area (TPSA) is 132 Å². The van der Waals surface area contributed by atoms with Gasteiger partial charge < -0.3 is 29.6 Å². The summed E-state index contributed by atoms with van der Waals surface area (Å²) in [6.45, 7) is 4.23. The second kappa shape index (κ2) is 10.7. The van der Waals surface area contributed by atoms with E-state index in [1.807, 2.05) is 29.0 Å². The van der Waals surface area contributed by atoms with Crippen LogP contribution in [0.25, 0.3) is 11.0 Å². The van der Waals surface area contributed by atoms with Crippen molar-refractivity contribution in [2.75, 3.05) is 43.1 Å². The van der Waals surface area contributed by atoms with Crippen LogP contribution in [-0.2, 0) is 11.3 Å². The quantitative estimate of drug-likeness (QED) is 0.366. The van der Waals surface area contributed by atoms with Crippen LogP contribution in [-0.4, -0.2) is 68.4 Å². The zero-order valence-electron chi connectivity index (χ0n) is 19.0. The number of anilines is 3. The van der Waals surface area contributed by atoms with Crippen molar-refractivity contribution in [2.45, 2.75) is 13.0 Å². The Balaban J connectivity index is 1.15. The van der Waals surface area contributed by atoms with Crippen molar-refractivity contribution in [3.63, 3.8) is 0 Å². The third-order valence-corrected chi connectivity index (χ3v) is 5.42. The first-order valence-corrected chi connectivity index (χ1v) is 11.3. The summed E-state index contributed by atoms with van der Waals surface area (Å²) in [5, 5.41) is 6.87. The molecule has 1 aliphatic rings. The van der Waals surface area contributed by atoms with E-state index in [1.165, 1.54) is 18.6 Å². The number of aromatic nitrogens is 6. The Morgan fingerprint density at radius 2 is 1.97 bits per heavy atom. The average molecular weight is 476 g/mol. The number of fused-ring (bicyclic) bond motifs is 1. The van der Waals surface area contributed by atoms with Crippen molar-refractivity contribution in [2.24, 2.45) is 0 Å². The van der Waals surface area contributed by atoms with E-state index in [4.69, 9.17) is 9.47 Å². The van der Waals surface area contributed by atoms with Gasteiger partial charge in [-0.2, -0.15) is 4.98 Å². The molecular formula is C23H25N9O3. The van der Waals surface area contributed by atoms with Gasteiger partial charge in [0, 0.05) is 56.4 Å². The van der Waals surface area contributed by atoms with Crippen LogP contribution in [0.3, 0.4) is 0 Å². The lowest BCUT2D eigenvalue weighted by molar-refractivity contribution is 0.122. The summed E-state index contributed by atoms with van der Waals surface area (Å²) >= 11 is 0. The fourth-order valence-corrected chi connectivity index (χ4v) is 3.69. The molecule has 4 aromatic heterocycles. The molecule has 0 aliphatic carbocycles. The van der Waals surface area contributed by atoms with Gasteiger partial charge in [-0.25, -0.2) is 19.7 Å². The van der Waals surface area contributed by atoms with Crippen molar-refractivity contribution in [3.05, 3.63) is 55.4 Å². The summed E-state index contributed by atoms with van der Waals surface area (Å²) in [7, 11) is 0. The maximum atomic E-state index is 11.9. The molecule has 0 spiro atoms. The highest BCUT2D eigenvalue weighted by atomic mass is 16.6. The largest absolute Gasteiger partial charge is 0.413 e. The predicted octanol–water partition coefficient (Wildman–Crippen LogP) is 2.38. The second-order valence-corrected chi connectivity index (χ2v) is 7.82. The molecule has 12 heteroatoms. The molecule has 0 atom stereocenters. The fourth-order valence-electron chi connectivity index (χ4n) is 3.69. The van der Waals surface area contributed by atoms with Gasteiger partial charge in [0.25, 0.3) is 0 Å². The summed E-state index contributed by atoms with van der Waals surface area (Å²) in [6, 6.07) is 5.92. The summed E-state index contributed by atoms with van der Waals surface area (Å²) < 4.78 is 12.5. The summed E-state index contributed by atoms with van der Waals surface area (Å²) in [5.74, 6) is 1.58. The SMILES string of the molecule is O=C(NCCCn1ccc2cnc(Nc3ccc(N4CCOCC4)nc3)nc21)Oc1cnccn1. The highest BCUT2D eigenvalue weighted by molar-refractivity contribution is 5.76. The van der Waals surface area contributed by atoms with E-state index >= 15 is 0 Å². The van der Waals surface area contributed by atoms with Gasteiger partial charge in [-0.15, -0.1) is 0 Å². The van der Waals surface area contributed by atoms with Gasteiger partial charge in [0.15, 0.2) is 0 Å². The highest BCUT2D eigenvalue weighted by Crippen LogP contribution is 2.20. The minimum absolute atomic E-state index is 0.157. The monoisotopic (exact) mass is 475 g/mol. The number of nitrogens with one attached hydrogen (secondary N) is 2. The van der Waals surface area contributed by atoms with Crippen molar-refractivity contribution in [3.8, 4) is 5.88 Å². The highest BCUT2D eigenvalue weighted by Gasteiger charge is 2.12. The molecule has 0 aromatic carbocycles. The molecule has 1 fully saturated rings. The Kier molecular flexibility index (Phi) is 6.89. The molecule has 180 valence electrons. The third-order valence-electron chi connectivity index (χ3n) is 5.42. The molecule has 1 aliphatic heterocycles. The Bertz CT molecular complexity index is 1260. The van der Waals surface area contributed by atoms with Crippen LogP contribution in [0.2, 0.25) is 0 Å². The zero-order valence-corrected chi connectivity index (χ0v) is 19.0. The van der Waals surface area contributed by atoms with Gasteiger partial charge in [-0.1, -0.05) is 0 Å². The van der Waals surface area contributed by atoms with Crippen molar-refractivity contribution in [1.29, 1.82) is 0 Å². The number of hydrogen-bond acceptors (Lipinski definition) is 10. The van der Waals surface area contributed by atoms with Gasteiger partial charge >= 0.3 is 6.09 Å². The van der Waals surface area contributed by atoms with Crippen LogP contribution in [0, 0.1) is 0 Å². The lowest BCUT2D eigenvalue weighted by atomic mass is 10.3. The van der Waals surface area contributed by atoms with E-state index in [2.05, 4.69) is 40.5 Å². The smallest absolute Gasteiger partial charge is 0.390 e. The molecule has 4 aromatic rings. The number of hydrogen-bond donors (Lipinski definition) is 2. The van der Waals surface area contributed by atoms with Gasteiger partial charge in [0.2, 0.25) is 11.8 Å². The van der Waals surface area contributed by atoms with E-state index in [9.17, 15) is 4.79 Å². The van der Waals surface area contributed by atoms with E-state index in [-0.39, 0.29) is 5.88 Å². The molecule has 2 N–H and O–H groups in total. The summed E-state index contributed by atoms with van der Waals surface area (Å²) in [4.78, 5) is 35.5. The van der Waals surface area contributed by atoms with Gasteiger partial charge in [-0.3, -0.25) is 4.98 Å². The number of rotatable bonds is 8. The normalized spacial score (nSPS) is 13.5. The molecule has 0 radical (unpaired) electrons. The van der Waals surface area contributed by atoms with Gasteiger partial charge in [0.05, 0.1) is 31.3 Å². The lowest BCUT2D eigenvalue weighted by Crippen LogP contribution is -2.36. The van der Waals surface area contributed by atoms with Crippen molar-refractivity contribution < 1.29 is 14.3 Å². The third kappa shape index (κ3) is 5.79. The van der Waals surface area contributed by atoms with Crippen LogP contribution in [0.4, 0.5) is 22.2 Å². The van der Waals surface area contributed by atoms with Crippen LogP contribution in [0.5, 0.6) is 5.88 Å². The first kappa shape index (κ1) is 22.5. The number of ether oxygens (including phenoxy) is 2. The van der Waals surface area contributed by atoms with Crippen LogP contribution < -0.4 is 20.3 Å². The number of pyridine rings is 1.